The van der Waals surface area contributed by atoms with E-state index in [-0.39, 0.29) is 5.91 Å². The molecule has 1 aliphatic heterocycles. The van der Waals surface area contributed by atoms with E-state index >= 15 is 0 Å². The Morgan fingerprint density at radius 3 is 3.05 bits per heavy atom. The number of thiophene rings is 1. The summed E-state index contributed by atoms with van der Waals surface area (Å²) in [6.07, 6.45) is 1.02. The van der Waals surface area contributed by atoms with Crippen molar-refractivity contribution in [1.82, 2.24) is 5.32 Å². The highest BCUT2D eigenvalue weighted by atomic mass is 79.9. The second-order valence-electron chi connectivity index (χ2n) is 4.42. The first-order chi connectivity index (χ1) is 9.25. The number of fused-ring (bicyclic) bond motifs is 1. The Labute approximate surface area is 124 Å². The SMILES string of the molecule is O=C(Nc1cccc2c1CNCC2)c1sccc1Br. The summed E-state index contributed by atoms with van der Waals surface area (Å²) in [7, 11) is 0. The van der Waals surface area contributed by atoms with E-state index in [4.69, 9.17) is 0 Å². The van der Waals surface area contributed by atoms with Gasteiger partial charge in [0.05, 0.1) is 0 Å². The fourth-order valence-corrected chi connectivity index (χ4v) is 3.71. The lowest BCUT2D eigenvalue weighted by atomic mass is 9.99. The minimum atomic E-state index is -0.0548. The maximum absolute atomic E-state index is 12.2. The number of carbonyl (C=O) groups is 1. The lowest BCUT2D eigenvalue weighted by Crippen LogP contribution is -2.25. The van der Waals surface area contributed by atoms with Crippen LogP contribution in [-0.4, -0.2) is 12.5 Å². The van der Waals surface area contributed by atoms with Gasteiger partial charge in [-0.2, -0.15) is 0 Å². The number of halogens is 1. The highest BCUT2D eigenvalue weighted by Crippen LogP contribution is 2.26. The molecule has 1 aliphatic rings. The number of rotatable bonds is 2. The van der Waals surface area contributed by atoms with Gasteiger partial charge in [0.2, 0.25) is 0 Å². The first-order valence-electron chi connectivity index (χ1n) is 6.11. The summed E-state index contributed by atoms with van der Waals surface area (Å²) >= 11 is 4.83. The minimum Gasteiger partial charge on any atom is -0.321 e. The Hall–Kier alpha value is -1.17. The van der Waals surface area contributed by atoms with Crippen LogP contribution in [0.5, 0.6) is 0 Å². The van der Waals surface area contributed by atoms with Gasteiger partial charge in [0.1, 0.15) is 4.88 Å². The average molecular weight is 337 g/mol. The molecule has 2 N–H and O–H groups in total. The quantitative estimate of drug-likeness (QED) is 0.882. The van der Waals surface area contributed by atoms with Gasteiger partial charge in [-0.1, -0.05) is 12.1 Å². The van der Waals surface area contributed by atoms with Gasteiger partial charge in [0.25, 0.3) is 5.91 Å². The van der Waals surface area contributed by atoms with Crippen LogP contribution in [0.3, 0.4) is 0 Å². The van der Waals surface area contributed by atoms with Gasteiger partial charge in [-0.3, -0.25) is 4.79 Å². The van der Waals surface area contributed by atoms with E-state index in [9.17, 15) is 4.79 Å². The van der Waals surface area contributed by atoms with Crippen molar-refractivity contribution in [2.24, 2.45) is 0 Å². The second-order valence-corrected chi connectivity index (χ2v) is 6.19. The lowest BCUT2D eigenvalue weighted by Gasteiger charge is -2.20. The summed E-state index contributed by atoms with van der Waals surface area (Å²) < 4.78 is 0.845. The maximum Gasteiger partial charge on any atom is 0.266 e. The van der Waals surface area contributed by atoms with Crippen LogP contribution >= 0.6 is 27.3 Å². The van der Waals surface area contributed by atoms with E-state index in [0.717, 1.165) is 29.7 Å². The predicted octanol–water partition coefficient (Wildman–Crippen LogP) is 3.41. The second kappa shape index (κ2) is 5.45. The van der Waals surface area contributed by atoms with Crippen molar-refractivity contribution >= 4 is 38.9 Å². The Bertz CT molecular complexity index is 624. The lowest BCUT2D eigenvalue weighted by molar-refractivity contribution is 0.103. The fourth-order valence-electron chi connectivity index (χ4n) is 2.27. The Morgan fingerprint density at radius 1 is 1.37 bits per heavy atom. The van der Waals surface area contributed by atoms with Crippen molar-refractivity contribution < 1.29 is 4.79 Å². The standard InChI is InChI=1S/C14H13BrN2OS/c15-11-5-7-19-13(11)14(18)17-12-3-1-2-9-4-6-16-8-10(9)12/h1-3,5,7,16H,4,6,8H2,(H,17,18). The van der Waals surface area contributed by atoms with Crippen LogP contribution in [0.1, 0.15) is 20.8 Å². The number of benzene rings is 1. The zero-order valence-corrected chi connectivity index (χ0v) is 12.6. The van der Waals surface area contributed by atoms with Gasteiger partial charge in [0.15, 0.2) is 0 Å². The summed E-state index contributed by atoms with van der Waals surface area (Å²) in [5, 5.41) is 8.26. The van der Waals surface area contributed by atoms with E-state index in [2.05, 4.69) is 32.6 Å². The molecule has 19 heavy (non-hydrogen) atoms. The van der Waals surface area contributed by atoms with Crippen molar-refractivity contribution in [2.75, 3.05) is 11.9 Å². The molecular formula is C14H13BrN2OS. The van der Waals surface area contributed by atoms with Crippen LogP contribution in [0.25, 0.3) is 0 Å². The van der Waals surface area contributed by atoms with E-state index in [1.54, 1.807) is 0 Å². The molecule has 3 rings (SSSR count). The van der Waals surface area contributed by atoms with E-state index in [1.807, 2.05) is 23.6 Å². The van der Waals surface area contributed by atoms with Gasteiger partial charge < -0.3 is 10.6 Å². The number of hydrogen-bond acceptors (Lipinski definition) is 3. The third-order valence-corrected chi connectivity index (χ3v) is 5.05. The van der Waals surface area contributed by atoms with E-state index in [0.29, 0.717) is 4.88 Å². The topological polar surface area (TPSA) is 41.1 Å². The van der Waals surface area contributed by atoms with E-state index in [1.165, 1.54) is 22.5 Å². The Morgan fingerprint density at radius 2 is 2.26 bits per heavy atom. The molecule has 2 heterocycles. The van der Waals surface area contributed by atoms with Crippen LogP contribution in [-0.2, 0) is 13.0 Å². The van der Waals surface area contributed by atoms with Gasteiger partial charge in [-0.15, -0.1) is 11.3 Å². The van der Waals surface area contributed by atoms with E-state index < -0.39 is 0 Å². The normalized spacial score (nSPS) is 13.9. The first kappa shape index (κ1) is 12.8. The molecule has 1 aromatic carbocycles. The van der Waals surface area contributed by atoms with Gasteiger partial charge in [-0.05, 0) is 57.5 Å². The Kier molecular flexibility index (Phi) is 3.68. The summed E-state index contributed by atoms with van der Waals surface area (Å²) in [5.74, 6) is -0.0548. The number of anilines is 1. The molecule has 0 unspecified atom stereocenters. The molecule has 0 aliphatic carbocycles. The van der Waals surface area contributed by atoms with Crippen molar-refractivity contribution in [3.8, 4) is 0 Å². The zero-order valence-electron chi connectivity index (χ0n) is 10.2. The number of hydrogen-bond donors (Lipinski definition) is 2. The van der Waals surface area contributed by atoms with Gasteiger partial charge in [-0.25, -0.2) is 0 Å². The molecule has 98 valence electrons. The van der Waals surface area contributed by atoms with Crippen molar-refractivity contribution in [1.29, 1.82) is 0 Å². The van der Waals surface area contributed by atoms with Crippen LogP contribution in [0.2, 0.25) is 0 Å². The van der Waals surface area contributed by atoms with Crippen molar-refractivity contribution in [2.45, 2.75) is 13.0 Å². The Balaban J connectivity index is 1.88. The van der Waals surface area contributed by atoms with Crippen LogP contribution < -0.4 is 10.6 Å². The largest absolute Gasteiger partial charge is 0.321 e. The molecule has 1 aromatic heterocycles. The number of nitrogens with one attached hydrogen (secondary N) is 2. The molecule has 0 saturated carbocycles. The molecular weight excluding hydrogens is 324 g/mol. The number of carbonyl (C=O) groups excluding carboxylic acids is 1. The molecule has 5 heteroatoms. The molecule has 0 fully saturated rings. The molecule has 3 nitrogen and oxygen atoms in total. The smallest absolute Gasteiger partial charge is 0.266 e. The molecule has 0 spiro atoms. The number of amides is 1. The van der Waals surface area contributed by atoms with Crippen molar-refractivity contribution in [3.05, 3.63) is 50.1 Å². The molecule has 1 amide bonds. The van der Waals surface area contributed by atoms with Crippen molar-refractivity contribution in [3.63, 3.8) is 0 Å². The summed E-state index contributed by atoms with van der Waals surface area (Å²) in [6.45, 7) is 1.82. The van der Waals surface area contributed by atoms with Crippen LogP contribution in [0.15, 0.2) is 34.1 Å². The molecule has 0 radical (unpaired) electrons. The third kappa shape index (κ3) is 2.59. The summed E-state index contributed by atoms with van der Waals surface area (Å²) in [4.78, 5) is 12.9. The fraction of sp³-hybridized carbons (Fsp3) is 0.214. The maximum atomic E-state index is 12.2. The molecule has 2 aromatic rings. The highest BCUT2D eigenvalue weighted by molar-refractivity contribution is 9.10. The van der Waals surface area contributed by atoms with Gasteiger partial charge >= 0.3 is 0 Å². The van der Waals surface area contributed by atoms with Crippen LogP contribution in [0.4, 0.5) is 5.69 Å². The molecule has 0 saturated heterocycles. The minimum absolute atomic E-state index is 0.0548. The first-order valence-corrected chi connectivity index (χ1v) is 7.79. The zero-order chi connectivity index (χ0) is 13.2. The van der Waals surface area contributed by atoms with Crippen LogP contribution in [0, 0.1) is 0 Å². The molecule has 0 atom stereocenters. The predicted molar refractivity (Wildman–Crippen MR) is 81.8 cm³/mol. The third-order valence-electron chi connectivity index (χ3n) is 3.22. The van der Waals surface area contributed by atoms with Gasteiger partial charge in [0, 0.05) is 16.7 Å². The summed E-state index contributed by atoms with van der Waals surface area (Å²) in [6, 6.07) is 7.99. The summed E-state index contributed by atoms with van der Waals surface area (Å²) in [5.41, 5.74) is 3.44. The average Bonchev–Trinajstić information content (AvgIpc) is 2.85. The highest BCUT2D eigenvalue weighted by Gasteiger charge is 2.16. The monoisotopic (exact) mass is 336 g/mol. The molecule has 0 bridgehead atoms.